The van der Waals surface area contributed by atoms with Gasteiger partial charge in [-0.3, -0.25) is 4.90 Å². The molecule has 4 heterocycles. The van der Waals surface area contributed by atoms with Gasteiger partial charge in [-0.05, 0) is 38.1 Å². The molecule has 3 aromatic heterocycles. The predicted molar refractivity (Wildman–Crippen MR) is 87.0 cm³/mol. The number of hydrogen-bond acceptors (Lipinski definition) is 6. The molecular formula is C16H20N6O. The zero-order valence-electron chi connectivity index (χ0n) is 12.9. The summed E-state index contributed by atoms with van der Waals surface area (Å²) >= 11 is 0. The van der Waals surface area contributed by atoms with Crippen molar-refractivity contribution in [2.24, 2.45) is 0 Å². The smallest absolute Gasteiger partial charge is 0.182 e. The number of aromatic amines is 1. The molecule has 0 saturated carbocycles. The monoisotopic (exact) mass is 312 g/mol. The Morgan fingerprint density at radius 2 is 2.13 bits per heavy atom. The maximum Gasteiger partial charge on any atom is 0.182 e. The molecule has 7 nitrogen and oxygen atoms in total. The van der Waals surface area contributed by atoms with E-state index in [0.29, 0.717) is 5.65 Å². The Morgan fingerprint density at radius 3 is 2.96 bits per heavy atom. The van der Waals surface area contributed by atoms with E-state index in [1.807, 2.05) is 12.1 Å². The second kappa shape index (κ2) is 6.37. The van der Waals surface area contributed by atoms with E-state index in [2.05, 4.69) is 30.2 Å². The molecule has 1 aliphatic rings. The van der Waals surface area contributed by atoms with Crippen molar-refractivity contribution in [2.45, 2.75) is 25.3 Å². The lowest BCUT2D eigenvalue weighted by molar-refractivity contribution is 0.153. The molecule has 1 aliphatic heterocycles. The third-order valence-electron chi connectivity index (χ3n) is 4.39. The summed E-state index contributed by atoms with van der Waals surface area (Å²) in [7, 11) is 0. The summed E-state index contributed by atoms with van der Waals surface area (Å²) in [5.41, 5.74) is 1.51. The van der Waals surface area contributed by atoms with Gasteiger partial charge in [-0.25, -0.2) is 15.0 Å². The fourth-order valence-corrected chi connectivity index (χ4v) is 3.21. The number of rotatable bonds is 5. The van der Waals surface area contributed by atoms with Crippen molar-refractivity contribution in [1.82, 2.24) is 24.8 Å². The average Bonchev–Trinajstić information content (AvgIpc) is 3.28. The third kappa shape index (κ3) is 2.92. The van der Waals surface area contributed by atoms with Crippen molar-refractivity contribution < 1.29 is 4.42 Å². The number of aromatic nitrogens is 4. The number of imidazole rings is 1. The van der Waals surface area contributed by atoms with E-state index in [-0.39, 0.29) is 6.04 Å². The Bertz CT molecular complexity index is 747. The van der Waals surface area contributed by atoms with Gasteiger partial charge in [0.25, 0.3) is 0 Å². The van der Waals surface area contributed by atoms with Gasteiger partial charge in [0, 0.05) is 6.54 Å². The molecule has 4 rings (SSSR count). The molecule has 0 amide bonds. The SMILES string of the molecule is c1coc([C@@H](CNc2ncnc3nc[nH]c23)N2CCCCC2)c1. The van der Waals surface area contributed by atoms with Crippen LogP contribution < -0.4 is 5.32 Å². The average molecular weight is 312 g/mol. The van der Waals surface area contributed by atoms with Gasteiger partial charge in [-0.15, -0.1) is 0 Å². The highest BCUT2D eigenvalue weighted by Crippen LogP contribution is 2.26. The lowest BCUT2D eigenvalue weighted by Gasteiger charge is -2.33. The van der Waals surface area contributed by atoms with Crippen LogP contribution in [0.15, 0.2) is 35.5 Å². The van der Waals surface area contributed by atoms with Crippen LogP contribution in [-0.4, -0.2) is 44.5 Å². The quantitative estimate of drug-likeness (QED) is 0.753. The van der Waals surface area contributed by atoms with E-state index in [9.17, 15) is 0 Å². The lowest BCUT2D eigenvalue weighted by Crippen LogP contribution is -2.37. The molecule has 1 fully saturated rings. The van der Waals surface area contributed by atoms with Crippen LogP contribution in [0.25, 0.3) is 11.2 Å². The highest BCUT2D eigenvalue weighted by atomic mass is 16.3. The molecule has 0 bridgehead atoms. The fraction of sp³-hybridized carbons (Fsp3) is 0.438. The topological polar surface area (TPSA) is 82.9 Å². The molecule has 0 radical (unpaired) electrons. The van der Waals surface area contributed by atoms with Crippen LogP contribution in [-0.2, 0) is 0 Å². The fourth-order valence-electron chi connectivity index (χ4n) is 3.21. The van der Waals surface area contributed by atoms with Crippen LogP contribution >= 0.6 is 0 Å². The Hall–Kier alpha value is -2.41. The molecule has 0 spiro atoms. The van der Waals surface area contributed by atoms with Crippen LogP contribution in [0.3, 0.4) is 0 Å². The molecule has 0 aromatic carbocycles. The zero-order valence-corrected chi connectivity index (χ0v) is 12.9. The number of piperidine rings is 1. The van der Waals surface area contributed by atoms with Crippen molar-refractivity contribution in [3.8, 4) is 0 Å². The predicted octanol–water partition coefficient (Wildman–Crippen LogP) is 2.58. The van der Waals surface area contributed by atoms with Gasteiger partial charge in [-0.2, -0.15) is 0 Å². The normalized spacial score (nSPS) is 17.4. The summed E-state index contributed by atoms with van der Waals surface area (Å²) in [4.78, 5) is 18.2. The highest BCUT2D eigenvalue weighted by Gasteiger charge is 2.24. The van der Waals surface area contributed by atoms with Crippen LogP contribution in [0.4, 0.5) is 5.82 Å². The summed E-state index contributed by atoms with van der Waals surface area (Å²) in [6.07, 6.45) is 8.72. The lowest BCUT2D eigenvalue weighted by atomic mass is 10.1. The van der Waals surface area contributed by atoms with Gasteiger partial charge in [0.15, 0.2) is 11.5 Å². The first-order valence-corrected chi connectivity index (χ1v) is 8.07. The second-order valence-corrected chi connectivity index (χ2v) is 5.83. The Balaban J connectivity index is 1.54. The van der Waals surface area contributed by atoms with E-state index in [1.165, 1.54) is 25.6 Å². The van der Waals surface area contributed by atoms with Crippen molar-refractivity contribution in [3.05, 3.63) is 36.8 Å². The maximum absolute atomic E-state index is 5.68. The number of nitrogens with zero attached hydrogens (tertiary/aromatic N) is 4. The summed E-state index contributed by atoms with van der Waals surface area (Å²) < 4.78 is 5.68. The van der Waals surface area contributed by atoms with Crippen LogP contribution in [0.1, 0.15) is 31.1 Å². The van der Waals surface area contributed by atoms with E-state index in [1.54, 1.807) is 12.6 Å². The van der Waals surface area contributed by atoms with Crippen molar-refractivity contribution in [1.29, 1.82) is 0 Å². The number of nitrogens with one attached hydrogen (secondary N) is 2. The minimum Gasteiger partial charge on any atom is -0.468 e. The number of H-pyrrole nitrogens is 1. The first kappa shape index (κ1) is 14.2. The summed E-state index contributed by atoms with van der Waals surface area (Å²) in [6, 6.07) is 4.20. The summed E-state index contributed by atoms with van der Waals surface area (Å²) in [5, 5.41) is 3.44. The van der Waals surface area contributed by atoms with Gasteiger partial charge < -0.3 is 14.7 Å². The van der Waals surface area contributed by atoms with Gasteiger partial charge in [0.05, 0.1) is 18.6 Å². The van der Waals surface area contributed by atoms with Crippen molar-refractivity contribution in [3.63, 3.8) is 0 Å². The Kier molecular flexibility index (Phi) is 3.94. The molecule has 7 heteroatoms. The minimum absolute atomic E-state index is 0.207. The number of fused-ring (bicyclic) bond motifs is 1. The molecule has 1 saturated heterocycles. The van der Waals surface area contributed by atoms with E-state index in [0.717, 1.165) is 36.7 Å². The number of likely N-dealkylation sites (tertiary alicyclic amines) is 1. The van der Waals surface area contributed by atoms with E-state index >= 15 is 0 Å². The molecule has 1 atom stereocenters. The van der Waals surface area contributed by atoms with Crippen LogP contribution in [0, 0.1) is 0 Å². The highest BCUT2D eigenvalue weighted by molar-refractivity contribution is 5.81. The van der Waals surface area contributed by atoms with Crippen molar-refractivity contribution in [2.75, 3.05) is 25.0 Å². The minimum atomic E-state index is 0.207. The molecule has 0 aliphatic carbocycles. The standard InChI is InChI=1S/C16H20N6O/c1-2-6-22(7-3-1)12(13-5-4-8-23-13)9-17-15-14-16(19-10-18-14)21-11-20-15/h4-5,8,10-12H,1-3,6-7,9H2,(H2,17,18,19,20,21)/t12-/m1/s1. The first-order chi connectivity index (χ1) is 11.4. The first-order valence-electron chi connectivity index (χ1n) is 8.07. The zero-order chi connectivity index (χ0) is 15.5. The van der Waals surface area contributed by atoms with Crippen molar-refractivity contribution >= 4 is 17.0 Å². The summed E-state index contributed by atoms with van der Waals surface area (Å²) in [6.45, 7) is 2.95. The number of anilines is 1. The molecule has 0 unspecified atom stereocenters. The molecule has 23 heavy (non-hydrogen) atoms. The number of furan rings is 1. The van der Waals surface area contributed by atoms with E-state index in [4.69, 9.17) is 4.42 Å². The summed E-state index contributed by atoms with van der Waals surface area (Å²) in [5.74, 6) is 1.77. The Morgan fingerprint density at radius 1 is 1.22 bits per heavy atom. The van der Waals surface area contributed by atoms with E-state index < -0.39 is 0 Å². The van der Waals surface area contributed by atoms with Gasteiger partial charge in [0.1, 0.15) is 17.6 Å². The van der Waals surface area contributed by atoms with Gasteiger partial charge >= 0.3 is 0 Å². The van der Waals surface area contributed by atoms with Crippen LogP contribution in [0.2, 0.25) is 0 Å². The number of hydrogen-bond donors (Lipinski definition) is 2. The molecule has 3 aromatic rings. The van der Waals surface area contributed by atoms with Gasteiger partial charge in [-0.1, -0.05) is 6.42 Å². The second-order valence-electron chi connectivity index (χ2n) is 5.83. The maximum atomic E-state index is 5.68. The molecule has 2 N–H and O–H groups in total. The Labute approximate surface area is 134 Å². The molecule has 120 valence electrons. The largest absolute Gasteiger partial charge is 0.468 e. The van der Waals surface area contributed by atoms with Gasteiger partial charge in [0.2, 0.25) is 0 Å². The molecular weight excluding hydrogens is 292 g/mol. The van der Waals surface area contributed by atoms with Crippen LogP contribution in [0.5, 0.6) is 0 Å². The third-order valence-corrected chi connectivity index (χ3v) is 4.39.